The van der Waals surface area contributed by atoms with E-state index in [1.165, 1.54) is 12.3 Å². The highest BCUT2D eigenvalue weighted by Crippen LogP contribution is 2.28. The predicted octanol–water partition coefficient (Wildman–Crippen LogP) is 2.60. The van der Waals surface area contributed by atoms with Crippen LogP contribution in [0, 0.1) is 5.92 Å². The van der Waals surface area contributed by atoms with E-state index in [0.29, 0.717) is 24.0 Å². The van der Waals surface area contributed by atoms with Crippen molar-refractivity contribution in [3.63, 3.8) is 0 Å². The summed E-state index contributed by atoms with van der Waals surface area (Å²) in [7, 11) is 1.56. The number of nitrogens with zero attached hydrogens (tertiary/aromatic N) is 1. The van der Waals surface area contributed by atoms with Crippen molar-refractivity contribution in [1.82, 2.24) is 15.8 Å². The molecule has 0 fully saturated rings. The van der Waals surface area contributed by atoms with Gasteiger partial charge in [-0.2, -0.15) is 0 Å². The second kappa shape index (κ2) is 9.96. The van der Waals surface area contributed by atoms with Crippen molar-refractivity contribution in [3.05, 3.63) is 59.9 Å². The summed E-state index contributed by atoms with van der Waals surface area (Å²) in [6.07, 6.45) is 4.41. The molecule has 0 spiro atoms. The van der Waals surface area contributed by atoms with Gasteiger partial charge in [0.05, 0.1) is 13.7 Å². The first-order valence-electron chi connectivity index (χ1n) is 8.50. The van der Waals surface area contributed by atoms with E-state index in [4.69, 9.17) is 9.47 Å². The first-order valence-corrected chi connectivity index (χ1v) is 8.50. The number of pyridine rings is 1. The fourth-order valence-corrected chi connectivity index (χ4v) is 2.06. The van der Waals surface area contributed by atoms with E-state index in [1.807, 2.05) is 6.07 Å². The highest BCUT2D eigenvalue weighted by molar-refractivity contribution is 5.96. The number of aromatic nitrogens is 1. The smallest absolute Gasteiger partial charge is 0.288 e. The molecule has 142 valence electrons. The number of carbonyl (C=O) groups is 2. The number of hydrogen-bond donors (Lipinski definition) is 2. The first-order chi connectivity index (χ1) is 13.0. The number of carbonyl (C=O) groups excluding carboxylic acids is 2. The number of amides is 2. The zero-order valence-corrected chi connectivity index (χ0v) is 15.6. The largest absolute Gasteiger partial charge is 0.493 e. The van der Waals surface area contributed by atoms with Crippen LogP contribution in [0.4, 0.5) is 0 Å². The Morgan fingerprint density at radius 2 is 1.96 bits per heavy atom. The Bertz CT molecular complexity index is 804. The van der Waals surface area contributed by atoms with E-state index in [0.717, 1.165) is 5.56 Å². The molecule has 2 amide bonds. The fraction of sp³-hybridized carbons (Fsp3) is 0.250. The van der Waals surface area contributed by atoms with Gasteiger partial charge >= 0.3 is 0 Å². The van der Waals surface area contributed by atoms with Crippen molar-refractivity contribution < 1.29 is 19.1 Å². The summed E-state index contributed by atoms with van der Waals surface area (Å²) >= 11 is 0. The fourth-order valence-electron chi connectivity index (χ4n) is 2.06. The topological polar surface area (TPSA) is 89.6 Å². The van der Waals surface area contributed by atoms with Gasteiger partial charge < -0.3 is 9.47 Å². The second-order valence-electron chi connectivity index (χ2n) is 6.11. The number of rotatable bonds is 7. The third-order valence-electron chi connectivity index (χ3n) is 3.38. The highest BCUT2D eigenvalue weighted by Gasteiger charge is 2.08. The summed E-state index contributed by atoms with van der Waals surface area (Å²) in [5.74, 6) is 0.667. The van der Waals surface area contributed by atoms with Crippen LogP contribution >= 0.6 is 0 Å². The lowest BCUT2D eigenvalue weighted by Gasteiger charge is -2.12. The van der Waals surface area contributed by atoms with Crippen LogP contribution in [0.25, 0.3) is 6.08 Å². The van der Waals surface area contributed by atoms with E-state index in [9.17, 15) is 9.59 Å². The lowest BCUT2D eigenvalue weighted by Crippen LogP contribution is -2.41. The molecule has 0 unspecified atom stereocenters. The van der Waals surface area contributed by atoms with Crippen molar-refractivity contribution in [2.24, 2.45) is 5.92 Å². The number of hydrazine groups is 1. The molecule has 0 atom stereocenters. The minimum atomic E-state index is -0.495. The van der Waals surface area contributed by atoms with Crippen molar-refractivity contribution in [3.8, 4) is 11.5 Å². The van der Waals surface area contributed by atoms with E-state index in [2.05, 4.69) is 29.7 Å². The lowest BCUT2D eigenvalue weighted by atomic mass is 10.2. The Kier molecular flexibility index (Phi) is 7.37. The summed E-state index contributed by atoms with van der Waals surface area (Å²) in [6.45, 7) is 4.72. The third kappa shape index (κ3) is 6.47. The maximum Gasteiger partial charge on any atom is 0.288 e. The van der Waals surface area contributed by atoms with Gasteiger partial charge in [-0.05, 0) is 41.8 Å². The lowest BCUT2D eigenvalue weighted by molar-refractivity contribution is -0.117. The van der Waals surface area contributed by atoms with Crippen LogP contribution in [0.3, 0.4) is 0 Å². The minimum absolute atomic E-state index is 0.212. The highest BCUT2D eigenvalue weighted by atomic mass is 16.5. The molecule has 1 aromatic carbocycles. The van der Waals surface area contributed by atoms with E-state index in [1.54, 1.807) is 43.5 Å². The van der Waals surface area contributed by atoms with Gasteiger partial charge in [0, 0.05) is 12.3 Å². The van der Waals surface area contributed by atoms with Gasteiger partial charge in [-0.15, -0.1) is 0 Å². The molecule has 27 heavy (non-hydrogen) atoms. The van der Waals surface area contributed by atoms with E-state index >= 15 is 0 Å². The van der Waals surface area contributed by atoms with Crippen molar-refractivity contribution >= 4 is 17.9 Å². The van der Waals surface area contributed by atoms with Crippen molar-refractivity contribution in [1.29, 1.82) is 0 Å². The zero-order chi connectivity index (χ0) is 19.6. The molecule has 7 nitrogen and oxygen atoms in total. The standard InChI is InChI=1S/C20H23N3O4/c1-14(2)13-27-17-9-7-15(12-18(17)26-3)8-10-19(24)22-23-20(25)16-6-4-5-11-21-16/h4-12,14H,13H2,1-3H3,(H,22,24)(H,23,25)/b10-8+. The van der Waals surface area contributed by atoms with Crippen LogP contribution in [-0.4, -0.2) is 30.5 Å². The van der Waals surface area contributed by atoms with Crippen LogP contribution in [0.5, 0.6) is 11.5 Å². The molecule has 0 aliphatic heterocycles. The molecule has 2 N–H and O–H groups in total. The second-order valence-corrected chi connectivity index (χ2v) is 6.11. The van der Waals surface area contributed by atoms with Gasteiger partial charge in [0.1, 0.15) is 5.69 Å². The van der Waals surface area contributed by atoms with Crippen LogP contribution in [0.2, 0.25) is 0 Å². The quantitative estimate of drug-likeness (QED) is 0.578. The molecule has 0 saturated carbocycles. The van der Waals surface area contributed by atoms with Gasteiger partial charge in [0.25, 0.3) is 11.8 Å². The Morgan fingerprint density at radius 3 is 2.63 bits per heavy atom. The molecular weight excluding hydrogens is 346 g/mol. The Morgan fingerprint density at radius 1 is 1.15 bits per heavy atom. The normalized spacial score (nSPS) is 10.7. The molecule has 1 aromatic heterocycles. The Hall–Kier alpha value is -3.35. The summed E-state index contributed by atoms with van der Waals surface area (Å²) in [5.41, 5.74) is 5.57. The molecule has 0 saturated heterocycles. The van der Waals surface area contributed by atoms with Crippen molar-refractivity contribution in [2.45, 2.75) is 13.8 Å². The zero-order valence-electron chi connectivity index (χ0n) is 15.6. The van der Waals surface area contributed by atoms with Gasteiger partial charge in [-0.3, -0.25) is 25.4 Å². The molecule has 2 aromatic rings. The minimum Gasteiger partial charge on any atom is -0.493 e. The average Bonchev–Trinajstić information content (AvgIpc) is 2.69. The van der Waals surface area contributed by atoms with Gasteiger partial charge in [0.15, 0.2) is 11.5 Å². The molecule has 0 aliphatic rings. The first kappa shape index (κ1) is 20.0. The van der Waals surface area contributed by atoms with Crippen LogP contribution in [-0.2, 0) is 4.79 Å². The predicted molar refractivity (Wildman–Crippen MR) is 102 cm³/mol. The SMILES string of the molecule is COc1cc(/C=C/C(=O)NNC(=O)c2ccccn2)ccc1OCC(C)C. The molecule has 1 heterocycles. The number of nitrogens with one attached hydrogen (secondary N) is 2. The van der Waals surface area contributed by atoms with E-state index in [-0.39, 0.29) is 5.69 Å². The molecule has 0 bridgehead atoms. The van der Waals surface area contributed by atoms with Gasteiger partial charge in [-0.1, -0.05) is 26.0 Å². The average molecular weight is 369 g/mol. The maximum absolute atomic E-state index is 11.9. The molecular formula is C20H23N3O4. The van der Waals surface area contributed by atoms with Gasteiger partial charge in [-0.25, -0.2) is 0 Å². The maximum atomic E-state index is 11.9. The number of benzene rings is 1. The van der Waals surface area contributed by atoms with Gasteiger partial charge in [0.2, 0.25) is 0 Å². The Labute approximate surface area is 158 Å². The molecule has 2 rings (SSSR count). The number of hydrogen-bond acceptors (Lipinski definition) is 5. The summed E-state index contributed by atoms with van der Waals surface area (Å²) in [5, 5.41) is 0. The number of methoxy groups -OCH3 is 1. The molecule has 0 aliphatic carbocycles. The van der Waals surface area contributed by atoms with Crippen molar-refractivity contribution in [2.75, 3.05) is 13.7 Å². The Balaban J connectivity index is 1.92. The monoisotopic (exact) mass is 369 g/mol. The summed E-state index contributed by atoms with van der Waals surface area (Å²) < 4.78 is 11.0. The summed E-state index contributed by atoms with van der Waals surface area (Å²) in [6, 6.07) is 10.3. The van der Waals surface area contributed by atoms with Crippen LogP contribution in [0.15, 0.2) is 48.7 Å². The third-order valence-corrected chi connectivity index (χ3v) is 3.38. The number of ether oxygens (including phenoxy) is 2. The van der Waals surface area contributed by atoms with Crippen LogP contribution in [0.1, 0.15) is 29.9 Å². The van der Waals surface area contributed by atoms with Crippen LogP contribution < -0.4 is 20.3 Å². The molecule has 7 heteroatoms. The summed E-state index contributed by atoms with van der Waals surface area (Å²) in [4.78, 5) is 27.6. The molecule has 0 radical (unpaired) electrons. The van der Waals surface area contributed by atoms with E-state index < -0.39 is 11.8 Å².